The van der Waals surface area contributed by atoms with Gasteiger partial charge in [0.05, 0.1) is 37.6 Å². The minimum absolute atomic E-state index is 0.0718. The molecule has 3 aromatic rings. The highest BCUT2D eigenvalue weighted by atomic mass is 32.2. The average Bonchev–Trinajstić information content (AvgIpc) is 3.64. The Bertz CT molecular complexity index is 1470. The predicted octanol–water partition coefficient (Wildman–Crippen LogP) is 5.00. The molecule has 0 atom stereocenters. The lowest BCUT2D eigenvalue weighted by Crippen LogP contribution is -2.35. The van der Waals surface area contributed by atoms with Crippen molar-refractivity contribution < 1.29 is 36.3 Å². The maximum atomic E-state index is 13.5. The topological polar surface area (TPSA) is 111 Å². The molecular formula is C27H28FNO7S. The van der Waals surface area contributed by atoms with Crippen LogP contribution in [0.4, 0.5) is 10.1 Å². The molecule has 0 radical (unpaired) electrons. The van der Waals surface area contributed by atoms with Crippen molar-refractivity contribution >= 4 is 44.2 Å². The number of sulfonamides is 1. The van der Waals surface area contributed by atoms with Crippen molar-refractivity contribution in [2.45, 2.75) is 44.9 Å². The van der Waals surface area contributed by atoms with Gasteiger partial charge in [0.2, 0.25) is 10.0 Å². The standard InChI is InChI=1S/C27H28FNO7S/c1-4-23(31)26-21-13-20(16-5-6-16)22(14-24(21)36-27(26)17-7-9-18(28)10-8-17)29(37(3,33)34)15-19(30)11-12-25(32)35-2/h7-10,13-14,16H,4-6,11-12,15H2,1-3H3. The lowest BCUT2D eigenvalue weighted by molar-refractivity contribution is -0.141. The number of hydrogen-bond donors (Lipinski definition) is 0. The minimum atomic E-state index is -3.89. The van der Waals surface area contributed by atoms with Crippen LogP contribution in [-0.2, 0) is 24.3 Å². The molecule has 1 fully saturated rings. The van der Waals surface area contributed by atoms with Gasteiger partial charge < -0.3 is 9.15 Å². The van der Waals surface area contributed by atoms with E-state index in [9.17, 15) is 27.2 Å². The molecule has 4 rings (SSSR count). The number of ether oxygens (including phenoxy) is 1. The van der Waals surface area contributed by atoms with E-state index in [0.717, 1.165) is 23.4 Å². The van der Waals surface area contributed by atoms with E-state index < -0.39 is 34.1 Å². The van der Waals surface area contributed by atoms with Crippen LogP contribution in [0, 0.1) is 5.82 Å². The fourth-order valence-electron chi connectivity index (χ4n) is 4.31. The highest BCUT2D eigenvalue weighted by Crippen LogP contribution is 2.48. The quantitative estimate of drug-likeness (QED) is 0.254. The normalized spacial score (nSPS) is 13.5. The SMILES string of the molecule is CCC(=O)c1c(-c2ccc(F)cc2)oc2cc(N(CC(=O)CCC(=O)OC)S(C)(=O)=O)c(C3CC3)cc12. The number of methoxy groups -OCH3 is 1. The van der Waals surface area contributed by atoms with Gasteiger partial charge in [-0.15, -0.1) is 0 Å². The smallest absolute Gasteiger partial charge is 0.305 e. The Balaban J connectivity index is 1.86. The van der Waals surface area contributed by atoms with E-state index in [-0.39, 0.29) is 42.3 Å². The first-order valence-corrected chi connectivity index (χ1v) is 13.8. The fourth-order valence-corrected chi connectivity index (χ4v) is 5.20. The van der Waals surface area contributed by atoms with Crippen LogP contribution in [0.2, 0.25) is 0 Å². The van der Waals surface area contributed by atoms with Crippen molar-refractivity contribution in [2.24, 2.45) is 0 Å². The third kappa shape index (κ3) is 5.74. The van der Waals surface area contributed by atoms with E-state index in [1.54, 1.807) is 19.1 Å². The van der Waals surface area contributed by atoms with Gasteiger partial charge >= 0.3 is 5.97 Å². The van der Waals surface area contributed by atoms with E-state index in [1.165, 1.54) is 31.4 Å². The molecule has 1 saturated carbocycles. The molecule has 0 spiro atoms. The summed E-state index contributed by atoms with van der Waals surface area (Å²) in [6.07, 6.45) is 2.60. The number of anilines is 1. The number of fused-ring (bicyclic) bond motifs is 1. The summed E-state index contributed by atoms with van der Waals surface area (Å²) in [6, 6.07) is 8.91. The van der Waals surface area contributed by atoms with Gasteiger partial charge in [-0.2, -0.15) is 0 Å². The van der Waals surface area contributed by atoms with Crippen molar-refractivity contribution in [1.82, 2.24) is 0 Å². The van der Waals surface area contributed by atoms with E-state index >= 15 is 0 Å². The summed E-state index contributed by atoms with van der Waals surface area (Å²) >= 11 is 0. The molecule has 37 heavy (non-hydrogen) atoms. The molecular weight excluding hydrogens is 501 g/mol. The second kappa shape index (κ2) is 10.5. The van der Waals surface area contributed by atoms with Crippen LogP contribution in [0.3, 0.4) is 0 Å². The Kier molecular flexibility index (Phi) is 7.49. The number of halogens is 1. The van der Waals surface area contributed by atoms with Gasteiger partial charge in [-0.05, 0) is 54.7 Å². The van der Waals surface area contributed by atoms with Gasteiger partial charge in [0.25, 0.3) is 0 Å². The highest BCUT2D eigenvalue weighted by Gasteiger charge is 2.33. The third-order valence-corrected chi connectivity index (χ3v) is 7.51. The Morgan fingerprint density at radius 2 is 1.78 bits per heavy atom. The highest BCUT2D eigenvalue weighted by molar-refractivity contribution is 7.92. The summed E-state index contributed by atoms with van der Waals surface area (Å²) in [5.74, 6) is -1.24. The lowest BCUT2D eigenvalue weighted by Gasteiger charge is -2.24. The van der Waals surface area contributed by atoms with Crippen molar-refractivity contribution in [3.8, 4) is 11.3 Å². The largest absolute Gasteiger partial charge is 0.469 e. The van der Waals surface area contributed by atoms with Gasteiger partial charge in [0.1, 0.15) is 17.2 Å². The third-order valence-electron chi connectivity index (χ3n) is 6.39. The van der Waals surface area contributed by atoms with Gasteiger partial charge in [-0.1, -0.05) is 6.92 Å². The van der Waals surface area contributed by atoms with Crippen LogP contribution in [0.15, 0.2) is 40.8 Å². The maximum Gasteiger partial charge on any atom is 0.305 e. The molecule has 1 heterocycles. The van der Waals surface area contributed by atoms with Crippen molar-refractivity contribution in [1.29, 1.82) is 0 Å². The first-order valence-electron chi connectivity index (χ1n) is 12.0. The zero-order valence-electron chi connectivity index (χ0n) is 20.9. The molecule has 0 unspecified atom stereocenters. The molecule has 0 amide bonds. The number of benzene rings is 2. The summed E-state index contributed by atoms with van der Waals surface area (Å²) in [4.78, 5) is 37.1. The minimum Gasteiger partial charge on any atom is -0.469 e. The Labute approximate surface area is 214 Å². The average molecular weight is 530 g/mol. The van der Waals surface area contributed by atoms with Gasteiger partial charge in [-0.25, -0.2) is 12.8 Å². The number of Topliss-reactive ketones (excluding diaryl/α,β-unsaturated/α-hetero) is 2. The maximum absolute atomic E-state index is 13.5. The molecule has 1 aliphatic rings. The molecule has 1 aliphatic carbocycles. The van der Waals surface area contributed by atoms with E-state index in [0.29, 0.717) is 27.8 Å². The number of ketones is 2. The molecule has 8 nitrogen and oxygen atoms in total. The summed E-state index contributed by atoms with van der Waals surface area (Å²) in [5.41, 5.74) is 2.17. The first-order chi connectivity index (χ1) is 17.5. The van der Waals surface area contributed by atoms with Crippen LogP contribution in [0.5, 0.6) is 0 Å². The molecule has 10 heteroatoms. The van der Waals surface area contributed by atoms with Crippen molar-refractivity contribution in [3.05, 3.63) is 53.3 Å². The van der Waals surface area contributed by atoms with Crippen LogP contribution < -0.4 is 4.31 Å². The van der Waals surface area contributed by atoms with Crippen molar-refractivity contribution in [2.75, 3.05) is 24.2 Å². The molecule has 0 N–H and O–H groups in total. The molecule has 0 aliphatic heterocycles. The molecule has 1 aromatic heterocycles. The number of rotatable bonds is 11. The van der Waals surface area contributed by atoms with Crippen LogP contribution >= 0.6 is 0 Å². The Morgan fingerprint density at radius 3 is 2.35 bits per heavy atom. The number of furan rings is 1. The first kappa shape index (κ1) is 26.5. The summed E-state index contributed by atoms with van der Waals surface area (Å²) in [7, 11) is -2.67. The van der Waals surface area contributed by atoms with Crippen LogP contribution in [-0.4, -0.2) is 45.9 Å². The summed E-state index contributed by atoms with van der Waals surface area (Å²) in [5, 5.41) is 0.544. The van der Waals surface area contributed by atoms with E-state index in [2.05, 4.69) is 4.74 Å². The predicted molar refractivity (Wildman–Crippen MR) is 137 cm³/mol. The number of hydrogen-bond acceptors (Lipinski definition) is 7. The number of carbonyl (C=O) groups is 3. The van der Waals surface area contributed by atoms with Gasteiger partial charge in [0, 0.05) is 29.9 Å². The summed E-state index contributed by atoms with van der Waals surface area (Å²) < 4.78 is 50.9. The number of esters is 1. The Morgan fingerprint density at radius 1 is 1.11 bits per heavy atom. The van der Waals surface area contributed by atoms with Gasteiger partial charge in [0.15, 0.2) is 11.6 Å². The molecule has 2 aromatic carbocycles. The van der Waals surface area contributed by atoms with Crippen molar-refractivity contribution in [3.63, 3.8) is 0 Å². The monoisotopic (exact) mass is 529 g/mol. The second-order valence-corrected chi connectivity index (χ2v) is 11.1. The lowest BCUT2D eigenvalue weighted by atomic mass is 9.97. The van der Waals surface area contributed by atoms with Gasteiger partial charge in [-0.3, -0.25) is 18.7 Å². The molecule has 196 valence electrons. The van der Waals surface area contributed by atoms with Crippen LogP contribution in [0.1, 0.15) is 60.9 Å². The van der Waals surface area contributed by atoms with E-state index in [1.807, 2.05) is 0 Å². The van der Waals surface area contributed by atoms with E-state index in [4.69, 9.17) is 4.42 Å². The molecule has 0 bridgehead atoms. The second-order valence-electron chi connectivity index (χ2n) is 9.16. The number of carbonyl (C=O) groups excluding carboxylic acids is 3. The fraction of sp³-hybridized carbons (Fsp3) is 0.370. The summed E-state index contributed by atoms with van der Waals surface area (Å²) in [6.45, 7) is 1.28. The Hall–Kier alpha value is -3.53. The zero-order chi connectivity index (χ0) is 26.9. The zero-order valence-corrected chi connectivity index (χ0v) is 21.7. The number of nitrogens with zero attached hydrogens (tertiary/aromatic N) is 1. The van der Waals surface area contributed by atoms with Crippen LogP contribution in [0.25, 0.3) is 22.3 Å². The molecule has 0 saturated heterocycles.